The average Bonchev–Trinajstić information content (AvgIpc) is 2.45. The molecule has 1 aliphatic rings. The maximum Gasteiger partial charge on any atom is 0.250 e. The van der Waals surface area contributed by atoms with Crippen LogP contribution in [-0.2, 0) is 0 Å². The Morgan fingerprint density at radius 3 is 2.70 bits per heavy atom. The number of nitrogens with zero attached hydrogens (tertiary/aromatic N) is 1. The lowest BCUT2D eigenvalue weighted by atomic mass is 9.92. The van der Waals surface area contributed by atoms with E-state index in [1.165, 1.54) is 24.8 Å². The molecule has 1 aromatic carbocycles. The predicted octanol–water partition coefficient (Wildman–Crippen LogP) is 1.92. The molecule has 1 aliphatic heterocycles. The van der Waals surface area contributed by atoms with Gasteiger partial charge in [0.15, 0.2) is 0 Å². The van der Waals surface area contributed by atoms with E-state index in [1.807, 2.05) is 26.1 Å². The number of nitrogens with two attached hydrogens (primary N) is 1. The van der Waals surface area contributed by atoms with E-state index in [0.29, 0.717) is 5.56 Å². The summed E-state index contributed by atoms with van der Waals surface area (Å²) in [6, 6.07) is 5.87. The van der Waals surface area contributed by atoms with Crippen molar-refractivity contribution in [1.82, 2.24) is 5.32 Å². The van der Waals surface area contributed by atoms with E-state index in [9.17, 15) is 4.79 Å². The molecule has 20 heavy (non-hydrogen) atoms. The molecule has 1 aromatic rings. The van der Waals surface area contributed by atoms with Crippen molar-refractivity contribution in [3.8, 4) is 0 Å². The number of hydrogen-bond donors (Lipinski definition) is 2. The molecule has 1 saturated heterocycles. The number of primary amides is 1. The Balaban J connectivity index is 2.06. The Bertz CT molecular complexity index is 465. The summed E-state index contributed by atoms with van der Waals surface area (Å²) in [6.07, 6.45) is 3.61. The number of rotatable bonds is 5. The van der Waals surface area contributed by atoms with Crippen LogP contribution in [0.1, 0.15) is 35.2 Å². The van der Waals surface area contributed by atoms with Crippen LogP contribution in [0.5, 0.6) is 0 Å². The molecule has 0 bridgehead atoms. The predicted molar refractivity (Wildman–Crippen MR) is 83.2 cm³/mol. The van der Waals surface area contributed by atoms with E-state index in [-0.39, 0.29) is 5.91 Å². The van der Waals surface area contributed by atoms with Gasteiger partial charge >= 0.3 is 0 Å². The summed E-state index contributed by atoms with van der Waals surface area (Å²) in [7, 11) is 2.00. The number of nitrogens with one attached hydrogen (secondary N) is 1. The molecule has 2 rings (SSSR count). The van der Waals surface area contributed by atoms with Gasteiger partial charge in [0, 0.05) is 18.8 Å². The fourth-order valence-corrected chi connectivity index (χ4v) is 2.92. The van der Waals surface area contributed by atoms with E-state index in [0.717, 1.165) is 31.2 Å². The van der Waals surface area contributed by atoms with Gasteiger partial charge in [-0.25, -0.2) is 0 Å². The van der Waals surface area contributed by atoms with E-state index in [2.05, 4.69) is 16.3 Å². The molecule has 3 N–H and O–H groups in total. The fraction of sp³-hybridized carbons (Fsp3) is 0.562. The van der Waals surface area contributed by atoms with Crippen LogP contribution in [0, 0.1) is 12.8 Å². The molecular weight excluding hydrogens is 250 g/mol. The number of piperidine rings is 1. The van der Waals surface area contributed by atoms with Crippen molar-refractivity contribution in [2.75, 3.05) is 31.6 Å². The maximum atomic E-state index is 11.6. The summed E-state index contributed by atoms with van der Waals surface area (Å²) in [5, 5.41) is 3.21. The Labute approximate surface area is 121 Å². The minimum absolute atomic E-state index is 0.336. The molecule has 0 aromatic heterocycles. The molecule has 0 unspecified atom stereocenters. The minimum Gasteiger partial charge on any atom is -0.371 e. The van der Waals surface area contributed by atoms with Crippen molar-refractivity contribution >= 4 is 11.6 Å². The highest BCUT2D eigenvalue weighted by molar-refractivity contribution is 5.98. The molecule has 110 valence electrons. The molecule has 1 amide bonds. The Morgan fingerprint density at radius 2 is 2.10 bits per heavy atom. The van der Waals surface area contributed by atoms with Crippen LogP contribution in [0.4, 0.5) is 5.69 Å². The monoisotopic (exact) mass is 275 g/mol. The molecule has 0 radical (unpaired) electrons. The van der Waals surface area contributed by atoms with Crippen LogP contribution in [0.2, 0.25) is 0 Å². The highest BCUT2D eigenvalue weighted by Crippen LogP contribution is 2.28. The molecule has 0 aliphatic carbocycles. The molecule has 4 heteroatoms. The molecule has 4 nitrogen and oxygen atoms in total. The zero-order chi connectivity index (χ0) is 14.5. The smallest absolute Gasteiger partial charge is 0.250 e. The summed E-state index contributed by atoms with van der Waals surface area (Å²) in [4.78, 5) is 13.9. The number of benzene rings is 1. The van der Waals surface area contributed by atoms with E-state index < -0.39 is 0 Å². The Morgan fingerprint density at radius 1 is 1.40 bits per heavy atom. The Kier molecular flexibility index (Phi) is 5.01. The van der Waals surface area contributed by atoms with Crippen molar-refractivity contribution in [1.29, 1.82) is 0 Å². The van der Waals surface area contributed by atoms with Crippen molar-refractivity contribution < 1.29 is 4.79 Å². The van der Waals surface area contributed by atoms with Crippen LogP contribution in [0.3, 0.4) is 0 Å². The van der Waals surface area contributed by atoms with Crippen LogP contribution in [-0.4, -0.2) is 32.6 Å². The lowest BCUT2D eigenvalue weighted by molar-refractivity contribution is 0.100. The fourth-order valence-electron chi connectivity index (χ4n) is 2.92. The van der Waals surface area contributed by atoms with Crippen molar-refractivity contribution in [2.24, 2.45) is 11.7 Å². The van der Waals surface area contributed by atoms with E-state index >= 15 is 0 Å². The first-order valence-electron chi connectivity index (χ1n) is 7.42. The van der Waals surface area contributed by atoms with Gasteiger partial charge in [0.05, 0.1) is 5.56 Å². The largest absolute Gasteiger partial charge is 0.371 e. The molecule has 1 heterocycles. The van der Waals surface area contributed by atoms with Gasteiger partial charge in [-0.1, -0.05) is 6.07 Å². The first kappa shape index (κ1) is 14.9. The quantitative estimate of drug-likeness (QED) is 0.863. The standard InChI is InChI=1S/C16H25N3O/c1-12-3-4-14(16(17)20)15(11-12)19-9-6-13(7-10-19)5-8-18-2/h3-4,11,13,18H,5-10H2,1-2H3,(H2,17,20). The van der Waals surface area contributed by atoms with E-state index in [4.69, 9.17) is 5.73 Å². The van der Waals surface area contributed by atoms with E-state index in [1.54, 1.807) is 0 Å². The summed E-state index contributed by atoms with van der Waals surface area (Å²) in [5.41, 5.74) is 8.31. The second-order valence-electron chi connectivity index (χ2n) is 5.71. The molecule has 0 saturated carbocycles. The molecule has 0 atom stereocenters. The highest BCUT2D eigenvalue weighted by atomic mass is 16.1. The summed E-state index contributed by atoms with van der Waals surface area (Å²) < 4.78 is 0. The maximum absolute atomic E-state index is 11.6. The number of amides is 1. The lowest BCUT2D eigenvalue weighted by Crippen LogP contribution is -2.35. The third-order valence-electron chi connectivity index (χ3n) is 4.18. The number of hydrogen-bond acceptors (Lipinski definition) is 3. The van der Waals surface area contributed by atoms with Crippen molar-refractivity contribution in [2.45, 2.75) is 26.2 Å². The van der Waals surface area contributed by atoms with Gasteiger partial charge in [-0.15, -0.1) is 0 Å². The van der Waals surface area contributed by atoms with Crippen LogP contribution < -0.4 is 16.0 Å². The third-order valence-corrected chi connectivity index (χ3v) is 4.18. The van der Waals surface area contributed by atoms with Crippen LogP contribution in [0.25, 0.3) is 0 Å². The summed E-state index contributed by atoms with van der Waals surface area (Å²) in [6.45, 7) is 5.16. The highest BCUT2D eigenvalue weighted by Gasteiger charge is 2.22. The second-order valence-corrected chi connectivity index (χ2v) is 5.71. The van der Waals surface area contributed by atoms with Gasteiger partial charge in [-0.05, 0) is 63.4 Å². The minimum atomic E-state index is -0.336. The summed E-state index contributed by atoms with van der Waals surface area (Å²) >= 11 is 0. The van der Waals surface area contributed by atoms with Gasteiger partial charge in [-0.3, -0.25) is 4.79 Å². The number of anilines is 1. The third kappa shape index (κ3) is 3.51. The average molecular weight is 275 g/mol. The number of aryl methyl sites for hydroxylation is 1. The molecular formula is C16H25N3O. The van der Waals surface area contributed by atoms with Crippen molar-refractivity contribution in [3.05, 3.63) is 29.3 Å². The first-order chi connectivity index (χ1) is 9.61. The topological polar surface area (TPSA) is 58.4 Å². The normalized spacial score (nSPS) is 16.4. The van der Waals surface area contributed by atoms with Gasteiger partial charge in [0.1, 0.15) is 0 Å². The van der Waals surface area contributed by atoms with Crippen LogP contribution >= 0.6 is 0 Å². The van der Waals surface area contributed by atoms with Gasteiger partial charge in [0.2, 0.25) is 0 Å². The Hall–Kier alpha value is -1.55. The zero-order valence-electron chi connectivity index (χ0n) is 12.5. The summed E-state index contributed by atoms with van der Waals surface area (Å²) in [5.74, 6) is 0.456. The SMILES string of the molecule is CNCCC1CCN(c2cc(C)ccc2C(N)=O)CC1. The zero-order valence-corrected chi connectivity index (χ0v) is 12.5. The second kappa shape index (κ2) is 6.75. The van der Waals surface area contributed by atoms with Gasteiger partial charge in [0.25, 0.3) is 5.91 Å². The lowest BCUT2D eigenvalue weighted by Gasteiger charge is -2.34. The van der Waals surface area contributed by atoms with Crippen molar-refractivity contribution in [3.63, 3.8) is 0 Å². The van der Waals surface area contributed by atoms with Crippen LogP contribution in [0.15, 0.2) is 18.2 Å². The van der Waals surface area contributed by atoms with Gasteiger partial charge in [-0.2, -0.15) is 0 Å². The van der Waals surface area contributed by atoms with Gasteiger partial charge < -0.3 is 16.0 Å². The molecule has 1 fully saturated rings. The number of carbonyl (C=O) groups is 1. The number of carbonyl (C=O) groups excluding carboxylic acids is 1. The first-order valence-corrected chi connectivity index (χ1v) is 7.42. The molecule has 0 spiro atoms.